The molecule has 1 heterocycles. The molecule has 2 unspecified atom stereocenters. The van der Waals surface area contributed by atoms with Gasteiger partial charge in [-0.1, -0.05) is 36.2 Å². The SMILES string of the molecule is CC(c1ccc(Cl)cc1Cl)C(O)(c1ccc(=O)n(C)c1)C(F)(F)F. The molecule has 1 aromatic heterocycles. The summed E-state index contributed by atoms with van der Waals surface area (Å²) in [6.07, 6.45) is -4.02. The largest absolute Gasteiger partial charge is 0.422 e. The van der Waals surface area contributed by atoms with Crippen LogP contribution in [0.2, 0.25) is 10.0 Å². The van der Waals surface area contributed by atoms with Crippen LogP contribution >= 0.6 is 23.2 Å². The molecule has 0 radical (unpaired) electrons. The van der Waals surface area contributed by atoms with Crippen molar-refractivity contribution in [3.05, 3.63) is 68.1 Å². The standard InChI is InChI=1S/C16H14Cl2F3NO2/c1-9(12-5-4-11(17)7-13(12)18)15(24,16(19,20)21)10-3-6-14(23)22(2)8-10/h3-9,24H,1-2H3. The average Bonchev–Trinajstić information content (AvgIpc) is 2.47. The molecule has 0 aliphatic carbocycles. The van der Waals surface area contributed by atoms with E-state index < -0.39 is 28.8 Å². The molecule has 2 rings (SSSR count). The van der Waals surface area contributed by atoms with Gasteiger partial charge in [0, 0.05) is 40.8 Å². The highest BCUT2D eigenvalue weighted by Gasteiger charge is 2.59. The molecule has 0 aliphatic heterocycles. The van der Waals surface area contributed by atoms with Gasteiger partial charge in [0.25, 0.3) is 0 Å². The number of rotatable bonds is 3. The first kappa shape index (κ1) is 18.8. The first-order chi connectivity index (χ1) is 11.0. The molecule has 0 saturated heterocycles. The molecule has 0 saturated carbocycles. The zero-order chi connectivity index (χ0) is 18.3. The number of aromatic nitrogens is 1. The first-order valence-corrected chi connectivity index (χ1v) is 7.65. The summed E-state index contributed by atoms with van der Waals surface area (Å²) in [6, 6.07) is 6.00. The summed E-state index contributed by atoms with van der Waals surface area (Å²) in [5.74, 6) is -1.43. The predicted octanol–water partition coefficient (Wildman–Crippen LogP) is 4.25. The van der Waals surface area contributed by atoms with Crippen LogP contribution in [0.25, 0.3) is 0 Å². The Labute approximate surface area is 146 Å². The van der Waals surface area contributed by atoms with E-state index in [1.54, 1.807) is 0 Å². The maximum atomic E-state index is 13.8. The van der Waals surface area contributed by atoms with Gasteiger partial charge in [0.1, 0.15) is 0 Å². The molecule has 0 aliphatic rings. The van der Waals surface area contributed by atoms with Crippen LogP contribution in [0.4, 0.5) is 13.2 Å². The van der Waals surface area contributed by atoms with Crippen LogP contribution in [0, 0.1) is 0 Å². The van der Waals surface area contributed by atoms with Gasteiger partial charge in [-0.15, -0.1) is 0 Å². The van der Waals surface area contributed by atoms with E-state index in [-0.39, 0.29) is 15.6 Å². The van der Waals surface area contributed by atoms with Crippen molar-refractivity contribution in [3.8, 4) is 0 Å². The maximum Gasteiger partial charge on any atom is 0.422 e. The van der Waals surface area contributed by atoms with E-state index in [4.69, 9.17) is 23.2 Å². The van der Waals surface area contributed by atoms with Crippen molar-refractivity contribution in [3.63, 3.8) is 0 Å². The normalized spacial score (nSPS) is 15.8. The summed E-state index contributed by atoms with van der Waals surface area (Å²) in [5, 5.41) is 10.9. The topological polar surface area (TPSA) is 42.2 Å². The van der Waals surface area contributed by atoms with Crippen LogP contribution in [0.5, 0.6) is 0 Å². The highest BCUT2D eigenvalue weighted by molar-refractivity contribution is 6.35. The number of alkyl halides is 3. The van der Waals surface area contributed by atoms with Gasteiger partial charge in [-0.2, -0.15) is 13.2 Å². The smallest absolute Gasteiger partial charge is 0.376 e. The fourth-order valence-corrected chi connectivity index (χ4v) is 3.13. The molecule has 2 atom stereocenters. The molecule has 24 heavy (non-hydrogen) atoms. The Hall–Kier alpha value is -1.50. The Morgan fingerprint density at radius 2 is 1.79 bits per heavy atom. The van der Waals surface area contributed by atoms with Crippen molar-refractivity contribution < 1.29 is 18.3 Å². The molecule has 8 heteroatoms. The number of benzene rings is 1. The van der Waals surface area contributed by atoms with Crippen LogP contribution in [0.15, 0.2) is 41.3 Å². The van der Waals surface area contributed by atoms with E-state index in [0.29, 0.717) is 0 Å². The van der Waals surface area contributed by atoms with Crippen molar-refractivity contribution >= 4 is 23.2 Å². The Bertz CT molecular complexity index is 820. The highest BCUT2D eigenvalue weighted by atomic mass is 35.5. The van der Waals surface area contributed by atoms with Crippen LogP contribution in [0.1, 0.15) is 24.0 Å². The average molecular weight is 380 g/mol. The minimum atomic E-state index is -4.99. The van der Waals surface area contributed by atoms with Crippen molar-refractivity contribution in [1.29, 1.82) is 0 Å². The van der Waals surface area contributed by atoms with Crippen LogP contribution < -0.4 is 5.56 Å². The maximum absolute atomic E-state index is 13.8. The summed E-state index contributed by atoms with van der Waals surface area (Å²) in [4.78, 5) is 11.4. The first-order valence-electron chi connectivity index (χ1n) is 6.89. The number of pyridine rings is 1. The molecule has 1 N–H and O–H groups in total. The molecule has 2 aromatic rings. The van der Waals surface area contributed by atoms with Gasteiger partial charge in [-0.05, 0) is 23.8 Å². The van der Waals surface area contributed by atoms with Gasteiger partial charge in [-0.25, -0.2) is 0 Å². The number of hydrogen-bond acceptors (Lipinski definition) is 2. The summed E-state index contributed by atoms with van der Waals surface area (Å²) < 4.78 is 42.3. The number of halogens is 5. The van der Waals surface area contributed by atoms with Crippen molar-refractivity contribution in [1.82, 2.24) is 4.57 Å². The molecular weight excluding hydrogens is 366 g/mol. The van der Waals surface area contributed by atoms with Gasteiger partial charge >= 0.3 is 6.18 Å². The summed E-state index contributed by atoms with van der Waals surface area (Å²) in [7, 11) is 1.31. The minimum Gasteiger partial charge on any atom is -0.376 e. The lowest BCUT2D eigenvalue weighted by Crippen LogP contribution is -2.47. The van der Waals surface area contributed by atoms with E-state index in [1.807, 2.05) is 0 Å². The molecule has 0 bridgehead atoms. The molecule has 3 nitrogen and oxygen atoms in total. The van der Waals surface area contributed by atoms with Gasteiger partial charge in [0.2, 0.25) is 5.56 Å². The van der Waals surface area contributed by atoms with Gasteiger partial charge in [-0.3, -0.25) is 4.79 Å². The molecule has 0 amide bonds. The molecule has 0 spiro atoms. The third-order valence-corrected chi connectivity index (χ3v) is 4.58. The fraction of sp³-hybridized carbons (Fsp3) is 0.312. The number of hydrogen-bond donors (Lipinski definition) is 1. The van der Waals surface area contributed by atoms with Gasteiger partial charge in [0.15, 0.2) is 5.60 Å². The monoisotopic (exact) mass is 379 g/mol. The van der Waals surface area contributed by atoms with E-state index in [0.717, 1.165) is 22.9 Å². The van der Waals surface area contributed by atoms with E-state index >= 15 is 0 Å². The number of aryl methyl sites for hydroxylation is 1. The molecule has 130 valence electrons. The second-order valence-corrected chi connectivity index (χ2v) is 6.36. The molecule has 0 fully saturated rings. The zero-order valence-electron chi connectivity index (χ0n) is 12.7. The third kappa shape index (κ3) is 3.18. The number of nitrogens with zero attached hydrogens (tertiary/aromatic N) is 1. The lowest BCUT2D eigenvalue weighted by atomic mass is 9.78. The highest BCUT2D eigenvalue weighted by Crippen LogP contribution is 2.49. The lowest BCUT2D eigenvalue weighted by molar-refractivity contribution is -0.274. The van der Waals surface area contributed by atoms with E-state index in [2.05, 4.69) is 0 Å². The second-order valence-electron chi connectivity index (χ2n) is 5.52. The van der Waals surface area contributed by atoms with Crippen molar-refractivity contribution in [2.24, 2.45) is 7.05 Å². The van der Waals surface area contributed by atoms with Crippen molar-refractivity contribution in [2.45, 2.75) is 24.6 Å². The summed E-state index contributed by atoms with van der Waals surface area (Å²) in [6.45, 7) is 1.22. The quantitative estimate of drug-likeness (QED) is 0.866. The Morgan fingerprint density at radius 3 is 2.29 bits per heavy atom. The van der Waals surface area contributed by atoms with Crippen LogP contribution in [-0.2, 0) is 12.6 Å². The zero-order valence-corrected chi connectivity index (χ0v) is 14.2. The van der Waals surface area contributed by atoms with Crippen LogP contribution in [0.3, 0.4) is 0 Å². The lowest BCUT2D eigenvalue weighted by Gasteiger charge is -2.37. The molecule has 1 aromatic carbocycles. The second kappa shape index (κ2) is 6.43. The summed E-state index contributed by atoms with van der Waals surface area (Å²) in [5.41, 5.74) is -4.07. The van der Waals surface area contributed by atoms with E-state index in [9.17, 15) is 23.1 Å². The summed E-state index contributed by atoms with van der Waals surface area (Å²) >= 11 is 11.8. The molecular formula is C16H14Cl2F3NO2. The van der Waals surface area contributed by atoms with Crippen LogP contribution in [-0.4, -0.2) is 15.8 Å². The van der Waals surface area contributed by atoms with E-state index in [1.165, 1.54) is 32.2 Å². The Balaban J connectivity index is 2.67. The van der Waals surface area contributed by atoms with Gasteiger partial charge < -0.3 is 9.67 Å². The number of aliphatic hydroxyl groups is 1. The third-order valence-electron chi connectivity index (χ3n) is 4.01. The predicted molar refractivity (Wildman–Crippen MR) is 86.5 cm³/mol. The van der Waals surface area contributed by atoms with Crippen molar-refractivity contribution in [2.75, 3.05) is 0 Å². The Morgan fingerprint density at radius 1 is 1.17 bits per heavy atom. The Kier molecular flexibility index (Phi) is 5.04. The fourth-order valence-electron chi connectivity index (χ4n) is 2.56. The minimum absolute atomic E-state index is 0.0162. The van der Waals surface area contributed by atoms with Gasteiger partial charge in [0.05, 0.1) is 0 Å².